The molecule has 0 spiro atoms. The number of halogens is 4. The molecule has 0 unspecified atom stereocenters. The molecule has 1 aromatic heterocycles. The maximum absolute atomic E-state index is 13.0. The Morgan fingerprint density at radius 3 is 2.53 bits per heavy atom. The fourth-order valence-electron chi connectivity index (χ4n) is 1.54. The average Bonchev–Trinajstić information content (AvgIpc) is 2.16. The van der Waals surface area contributed by atoms with Gasteiger partial charge in [-0.25, -0.2) is 9.37 Å². The Hall–Kier alpha value is -1.92. The molecule has 0 saturated heterocycles. The van der Waals surface area contributed by atoms with Crippen molar-refractivity contribution in [3.63, 3.8) is 0 Å². The van der Waals surface area contributed by atoms with Crippen LogP contribution in [-0.2, 0) is 6.18 Å². The minimum Gasteiger partial charge on any atom is -0.310 e. The third-order valence-electron chi connectivity index (χ3n) is 2.20. The van der Waals surface area contributed by atoms with E-state index >= 15 is 0 Å². The molecular formula is C10H6F4N2O. The van der Waals surface area contributed by atoms with Crippen LogP contribution in [0.3, 0.4) is 0 Å². The Labute approximate surface area is 92.1 Å². The minimum atomic E-state index is -4.76. The first-order chi connectivity index (χ1) is 7.79. The lowest BCUT2D eigenvalue weighted by molar-refractivity contribution is -0.136. The number of H-pyrrole nitrogens is 1. The molecule has 1 aromatic carbocycles. The van der Waals surface area contributed by atoms with Crippen molar-refractivity contribution in [3.05, 3.63) is 39.7 Å². The van der Waals surface area contributed by atoms with E-state index in [1.54, 1.807) is 0 Å². The molecule has 0 amide bonds. The van der Waals surface area contributed by atoms with Gasteiger partial charge in [0, 0.05) is 0 Å². The van der Waals surface area contributed by atoms with Crippen LogP contribution in [0.1, 0.15) is 11.4 Å². The Kier molecular flexibility index (Phi) is 2.41. The molecule has 3 nitrogen and oxygen atoms in total. The molecule has 1 heterocycles. The Bertz CT molecular complexity index is 645. The lowest BCUT2D eigenvalue weighted by Gasteiger charge is -2.09. The summed E-state index contributed by atoms with van der Waals surface area (Å²) in [6, 6.07) is 1.06. The van der Waals surface area contributed by atoms with Gasteiger partial charge in [-0.05, 0) is 19.1 Å². The van der Waals surface area contributed by atoms with Gasteiger partial charge in [-0.2, -0.15) is 13.2 Å². The van der Waals surface area contributed by atoms with Crippen molar-refractivity contribution < 1.29 is 17.6 Å². The zero-order valence-corrected chi connectivity index (χ0v) is 8.52. The highest BCUT2D eigenvalue weighted by atomic mass is 19.4. The summed E-state index contributed by atoms with van der Waals surface area (Å²) in [6.45, 7) is 1.35. The number of hydrogen-bond acceptors (Lipinski definition) is 2. The van der Waals surface area contributed by atoms with E-state index in [-0.39, 0.29) is 5.82 Å². The molecule has 0 bridgehead atoms. The zero-order valence-electron chi connectivity index (χ0n) is 8.52. The second-order valence-corrected chi connectivity index (χ2v) is 3.50. The third-order valence-corrected chi connectivity index (χ3v) is 2.20. The SMILES string of the molecule is Cc1nc2c(C(F)(F)F)cc(F)cc2c(=O)[nH]1. The number of benzene rings is 1. The molecule has 7 heteroatoms. The van der Waals surface area contributed by atoms with Crippen molar-refractivity contribution in [1.82, 2.24) is 9.97 Å². The van der Waals surface area contributed by atoms with Gasteiger partial charge >= 0.3 is 6.18 Å². The molecule has 0 atom stereocenters. The third kappa shape index (κ3) is 2.00. The number of aromatic amines is 1. The number of nitrogens with zero attached hydrogens (tertiary/aromatic N) is 1. The second kappa shape index (κ2) is 3.54. The highest BCUT2D eigenvalue weighted by Crippen LogP contribution is 2.33. The summed E-state index contributed by atoms with van der Waals surface area (Å²) >= 11 is 0. The van der Waals surface area contributed by atoms with Gasteiger partial charge in [0.1, 0.15) is 11.6 Å². The molecule has 17 heavy (non-hydrogen) atoms. The monoisotopic (exact) mass is 246 g/mol. The van der Waals surface area contributed by atoms with E-state index in [9.17, 15) is 22.4 Å². The van der Waals surface area contributed by atoms with Crippen molar-refractivity contribution >= 4 is 10.9 Å². The molecule has 2 aromatic rings. The number of rotatable bonds is 0. The molecule has 1 N–H and O–H groups in total. The summed E-state index contributed by atoms with van der Waals surface area (Å²) < 4.78 is 51.0. The summed E-state index contributed by atoms with van der Waals surface area (Å²) in [7, 11) is 0. The quantitative estimate of drug-likeness (QED) is 0.725. The maximum Gasteiger partial charge on any atom is 0.418 e. The van der Waals surface area contributed by atoms with Gasteiger partial charge in [-0.15, -0.1) is 0 Å². The lowest BCUT2D eigenvalue weighted by atomic mass is 10.1. The van der Waals surface area contributed by atoms with Crippen LogP contribution in [-0.4, -0.2) is 9.97 Å². The van der Waals surface area contributed by atoms with E-state index in [0.29, 0.717) is 6.07 Å². The number of aryl methyl sites for hydroxylation is 1. The minimum absolute atomic E-state index is 0.0413. The van der Waals surface area contributed by atoms with Crippen molar-refractivity contribution in [2.75, 3.05) is 0 Å². The van der Waals surface area contributed by atoms with Gasteiger partial charge in [-0.3, -0.25) is 4.79 Å². The van der Waals surface area contributed by atoms with E-state index in [0.717, 1.165) is 6.07 Å². The predicted octanol–water partition coefficient (Wildman–Crippen LogP) is 2.39. The van der Waals surface area contributed by atoms with Crippen LogP contribution in [0.25, 0.3) is 10.9 Å². The standard InChI is InChI=1S/C10H6F4N2O/c1-4-15-8-6(9(17)16-4)2-5(11)3-7(8)10(12,13)14/h2-3H,1H3,(H,15,16,17). The molecule has 90 valence electrons. The zero-order chi connectivity index (χ0) is 12.8. The lowest BCUT2D eigenvalue weighted by Crippen LogP contribution is -2.15. The van der Waals surface area contributed by atoms with Gasteiger partial charge in [0.2, 0.25) is 0 Å². The highest BCUT2D eigenvalue weighted by Gasteiger charge is 2.34. The molecule has 0 aliphatic heterocycles. The topological polar surface area (TPSA) is 45.8 Å². The molecule has 0 aliphatic rings. The van der Waals surface area contributed by atoms with E-state index < -0.39 is 34.0 Å². The van der Waals surface area contributed by atoms with E-state index in [4.69, 9.17) is 0 Å². The van der Waals surface area contributed by atoms with Crippen LogP contribution in [0.4, 0.5) is 17.6 Å². The summed E-state index contributed by atoms with van der Waals surface area (Å²) in [5.41, 5.74) is -2.58. The smallest absolute Gasteiger partial charge is 0.310 e. The first-order valence-corrected chi connectivity index (χ1v) is 4.56. The van der Waals surface area contributed by atoms with E-state index in [1.165, 1.54) is 6.92 Å². The van der Waals surface area contributed by atoms with Crippen molar-refractivity contribution in [2.45, 2.75) is 13.1 Å². The molecule has 0 radical (unpaired) electrons. The Balaban J connectivity index is 2.98. The highest BCUT2D eigenvalue weighted by molar-refractivity contribution is 5.81. The molecule has 0 aliphatic carbocycles. The van der Waals surface area contributed by atoms with Gasteiger partial charge in [-0.1, -0.05) is 0 Å². The maximum atomic E-state index is 13.0. The first-order valence-electron chi connectivity index (χ1n) is 4.56. The second-order valence-electron chi connectivity index (χ2n) is 3.50. The van der Waals surface area contributed by atoms with Crippen LogP contribution in [0.2, 0.25) is 0 Å². The summed E-state index contributed by atoms with van der Waals surface area (Å²) in [5.74, 6) is -1.08. The Morgan fingerprint density at radius 2 is 1.94 bits per heavy atom. The van der Waals surface area contributed by atoms with Crippen molar-refractivity contribution in [2.24, 2.45) is 0 Å². The van der Waals surface area contributed by atoms with Crippen LogP contribution >= 0.6 is 0 Å². The number of aromatic nitrogens is 2. The number of fused-ring (bicyclic) bond motifs is 1. The summed E-state index contributed by atoms with van der Waals surface area (Å²) in [5, 5.41) is -0.414. The molecule has 0 fully saturated rings. The largest absolute Gasteiger partial charge is 0.418 e. The van der Waals surface area contributed by atoms with Gasteiger partial charge in [0.15, 0.2) is 0 Å². The molecular weight excluding hydrogens is 240 g/mol. The van der Waals surface area contributed by atoms with Crippen LogP contribution < -0.4 is 5.56 Å². The number of alkyl halides is 3. The van der Waals surface area contributed by atoms with Crippen LogP contribution in [0.15, 0.2) is 16.9 Å². The van der Waals surface area contributed by atoms with Gasteiger partial charge in [0.05, 0.1) is 16.5 Å². The number of hydrogen-bond donors (Lipinski definition) is 1. The van der Waals surface area contributed by atoms with Crippen LogP contribution in [0.5, 0.6) is 0 Å². The summed E-state index contributed by atoms with van der Waals surface area (Å²) in [6.07, 6.45) is -4.76. The normalized spacial score (nSPS) is 12.1. The molecule has 2 rings (SSSR count). The van der Waals surface area contributed by atoms with Gasteiger partial charge < -0.3 is 4.98 Å². The fraction of sp³-hybridized carbons (Fsp3) is 0.200. The molecule has 0 saturated carbocycles. The van der Waals surface area contributed by atoms with Crippen molar-refractivity contribution in [1.29, 1.82) is 0 Å². The van der Waals surface area contributed by atoms with E-state index in [2.05, 4.69) is 9.97 Å². The van der Waals surface area contributed by atoms with E-state index in [1.807, 2.05) is 0 Å². The fourth-order valence-corrected chi connectivity index (χ4v) is 1.54. The number of nitrogens with one attached hydrogen (secondary N) is 1. The Morgan fingerprint density at radius 1 is 1.29 bits per heavy atom. The van der Waals surface area contributed by atoms with Gasteiger partial charge in [0.25, 0.3) is 5.56 Å². The average molecular weight is 246 g/mol. The summed E-state index contributed by atoms with van der Waals surface area (Å²) in [4.78, 5) is 17.2. The van der Waals surface area contributed by atoms with Crippen molar-refractivity contribution in [3.8, 4) is 0 Å². The first kappa shape index (κ1) is 11.6. The predicted molar refractivity (Wildman–Crippen MR) is 52.1 cm³/mol. The van der Waals surface area contributed by atoms with Crippen LogP contribution in [0, 0.1) is 12.7 Å².